The molecule has 0 saturated heterocycles. The SMILES string of the molecule is CCc1ccc(C(=O)C(C)Sc2cc(C)nn2C)cc1. The molecule has 1 unspecified atom stereocenters. The van der Waals surface area contributed by atoms with Crippen molar-refractivity contribution in [3.63, 3.8) is 0 Å². The molecule has 0 N–H and O–H groups in total. The number of aryl methyl sites for hydroxylation is 3. The summed E-state index contributed by atoms with van der Waals surface area (Å²) in [7, 11) is 1.91. The fraction of sp³-hybridized carbons (Fsp3) is 0.375. The Bertz CT molecular complexity index is 601. The highest BCUT2D eigenvalue weighted by atomic mass is 32.2. The lowest BCUT2D eigenvalue weighted by Gasteiger charge is -2.10. The third-order valence-electron chi connectivity index (χ3n) is 3.27. The van der Waals surface area contributed by atoms with Crippen molar-refractivity contribution in [2.24, 2.45) is 7.05 Å². The molecule has 0 radical (unpaired) electrons. The predicted octanol–water partition coefficient (Wildman–Crippen LogP) is 3.65. The van der Waals surface area contributed by atoms with Crippen LogP contribution in [0.15, 0.2) is 35.4 Å². The topological polar surface area (TPSA) is 34.9 Å². The number of ketones is 1. The van der Waals surface area contributed by atoms with Crippen LogP contribution in [0.5, 0.6) is 0 Å². The molecule has 0 amide bonds. The fourth-order valence-corrected chi connectivity index (χ4v) is 3.11. The van der Waals surface area contributed by atoms with Gasteiger partial charge < -0.3 is 0 Å². The number of hydrogen-bond donors (Lipinski definition) is 0. The molecule has 106 valence electrons. The molecule has 2 aromatic rings. The summed E-state index contributed by atoms with van der Waals surface area (Å²) in [5.41, 5.74) is 3.01. The van der Waals surface area contributed by atoms with Crippen LogP contribution >= 0.6 is 11.8 Å². The van der Waals surface area contributed by atoms with Gasteiger partial charge in [0.1, 0.15) is 0 Å². The zero-order chi connectivity index (χ0) is 14.7. The number of nitrogens with zero attached hydrogens (tertiary/aromatic N) is 2. The van der Waals surface area contributed by atoms with Gasteiger partial charge in [-0.3, -0.25) is 9.48 Å². The second-order valence-electron chi connectivity index (χ2n) is 4.92. The lowest BCUT2D eigenvalue weighted by molar-refractivity contribution is 0.0994. The second kappa shape index (κ2) is 6.27. The van der Waals surface area contributed by atoms with Crippen molar-refractivity contribution in [2.75, 3.05) is 0 Å². The molecule has 2 rings (SSSR count). The highest BCUT2D eigenvalue weighted by Crippen LogP contribution is 2.26. The van der Waals surface area contributed by atoms with Crippen LogP contribution in [-0.4, -0.2) is 20.8 Å². The number of carbonyl (C=O) groups excluding carboxylic acids is 1. The zero-order valence-corrected chi connectivity index (χ0v) is 13.2. The smallest absolute Gasteiger partial charge is 0.175 e. The monoisotopic (exact) mass is 288 g/mol. The van der Waals surface area contributed by atoms with Crippen LogP contribution in [0.4, 0.5) is 0 Å². The molecule has 3 nitrogen and oxygen atoms in total. The summed E-state index contributed by atoms with van der Waals surface area (Å²) in [6.07, 6.45) is 0.993. The maximum atomic E-state index is 12.4. The molecular formula is C16H20N2OS. The molecule has 1 aromatic carbocycles. The number of carbonyl (C=O) groups is 1. The summed E-state index contributed by atoms with van der Waals surface area (Å²) in [6, 6.07) is 9.91. The average Bonchev–Trinajstić information content (AvgIpc) is 2.76. The second-order valence-corrected chi connectivity index (χ2v) is 6.28. The Kier molecular flexibility index (Phi) is 4.65. The molecule has 0 fully saturated rings. The van der Waals surface area contributed by atoms with E-state index in [0.29, 0.717) is 0 Å². The van der Waals surface area contributed by atoms with E-state index in [1.807, 2.05) is 55.9 Å². The molecule has 0 saturated carbocycles. The molecule has 1 atom stereocenters. The van der Waals surface area contributed by atoms with Crippen LogP contribution in [-0.2, 0) is 13.5 Å². The van der Waals surface area contributed by atoms with Gasteiger partial charge in [-0.1, -0.05) is 43.0 Å². The van der Waals surface area contributed by atoms with Gasteiger partial charge in [-0.05, 0) is 31.9 Å². The summed E-state index contributed by atoms with van der Waals surface area (Å²) in [5, 5.41) is 5.21. The van der Waals surface area contributed by atoms with Crippen molar-refractivity contribution in [1.82, 2.24) is 9.78 Å². The van der Waals surface area contributed by atoms with Crippen LogP contribution < -0.4 is 0 Å². The first-order chi connectivity index (χ1) is 9.51. The van der Waals surface area contributed by atoms with E-state index in [4.69, 9.17) is 0 Å². The summed E-state index contributed by atoms with van der Waals surface area (Å²) in [5.74, 6) is 0.163. The molecule has 1 aromatic heterocycles. The number of aromatic nitrogens is 2. The quantitative estimate of drug-likeness (QED) is 0.622. The maximum Gasteiger partial charge on any atom is 0.175 e. The van der Waals surface area contributed by atoms with E-state index in [9.17, 15) is 4.79 Å². The summed E-state index contributed by atoms with van der Waals surface area (Å²) >= 11 is 1.55. The zero-order valence-electron chi connectivity index (χ0n) is 12.4. The summed E-state index contributed by atoms with van der Waals surface area (Å²) in [4.78, 5) is 12.4. The Morgan fingerprint density at radius 2 is 2.00 bits per heavy atom. The van der Waals surface area contributed by atoms with Crippen LogP contribution in [0.2, 0.25) is 0 Å². The van der Waals surface area contributed by atoms with Crippen molar-refractivity contribution >= 4 is 17.5 Å². The average molecular weight is 288 g/mol. The van der Waals surface area contributed by atoms with E-state index >= 15 is 0 Å². The number of benzene rings is 1. The van der Waals surface area contributed by atoms with Gasteiger partial charge in [0.2, 0.25) is 0 Å². The minimum atomic E-state index is -0.114. The van der Waals surface area contributed by atoms with E-state index in [1.54, 1.807) is 11.8 Å². The lowest BCUT2D eigenvalue weighted by Crippen LogP contribution is -2.14. The van der Waals surface area contributed by atoms with E-state index in [2.05, 4.69) is 12.0 Å². The first-order valence-electron chi connectivity index (χ1n) is 6.81. The first kappa shape index (κ1) is 14.9. The van der Waals surface area contributed by atoms with E-state index < -0.39 is 0 Å². The molecule has 0 aliphatic heterocycles. The van der Waals surface area contributed by atoms with Crippen LogP contribution in [0, 0.1) is 6.92 Å². The highest BCUT2D eigenvalue weighted by molar-refractivity contribution is 8.00. The summed E-state index contributed by atoms with van der Waals surface area (Å²) in [6.45, 7) is 6.02. The largest absolute Gasteiger partial charge is 0.293 e. The van der Waals surface area contributed by atoms with Gasteiger partial charge in [0.15, 0.2) is 5.78 Å². The predicted molar refractivity (Wildman–Crippen MR) is 83.4 cm³/mol. The number of thioether (sulfide) groups is 1. The van der Waals surface area contributed by atoms with E-state index in [0.717, 1.165) is 22.7 Å². The van der Waals surface area contributed by atoms with Crippen molar-refractivity contribution in [2.45, 2.75) is 37.5 Å². The molecule has 0 aliphatic rings. The minimum Gasteiger partial charge on any atom is -0.293 e. The molecule has 20 heavy (non-hydrogen) atoms. The number of rotatable bonds is 5. The van der Waals surface area contributed by atoms with Crippen LogP contribution in [0.3, 0.4) is 0 Å². The number of Topliss-reactive ketones (excluding diaryl/α,β-unsaturated/α-hetero) is 1. The van der Waals surface area contributed by atoms with Gasteiger partial charge in [-0.15, -0.1) is 0 Å². The maximum absolute atomic E-state index is 12.4. The standard InChI is InChI=1S/C16H20N2OS/c1-5-13-6-8-14(9-7-13)16(19)12(3)20-15-10-11(2)17-18(15)4/h6-10,12H,5H2,1-4H3. The highest BCUT2D eigenvalue weighted by Gasteiger charge is 2.18. The van der Waals surface area contributed by atoms with Gasteiger partial charge in [0, 0.05) is 12.6 Å². The normalized spacial score (nSPS) is 12.4. The Hall–Kier alpha value is -1.55. The van der Waals surface area contributed by atoms with Gasteiger partial charge in [-0.25, -0.2) is 0 Å². The van der Waals surface area contributed by atoms with Crippen LogP contribution in [0.25, 0.3) is 0 Å². The molecule has 1 heterocycles. The van der Waals surface area contributed by atoms with Crippen molar-refractivity contribution < 1.29 is 4.79 Å². The first-order valence-corrected chi connectivity index (χ1v) is 7.69. The Morgan fingerprint density at radius 3 is 2.50 bits per heavy atom. The van der Waals surface area contributed by atoms with Crippen LogP contribution in [0.1, 0.15) is 35.5 Å². The Balaban J connectivity index is 2.09. The van der Waals surface area contributed by atoms with Crippen molar-refractivity contribution in [1.29, 1.82) is 0 Å². The lowest BCUT2D eigenvalue weighted by atomic mass is 10.1. The van der Waals surface area contributed by atoms with Gasteiger partial charge in [0.05, 0.1) is 16.0 Å². The van der Waals surface area contributed by atoms with Gasteiger partial charge in [-0.2, -0.15) is 5.10 Å². The third kappa shape index (κ3) is 3.31. The Morgan fingerprint density at radius 1 is 1.35 bits per heavy atom. The van der Waals surface area contributed by atoms with Crippen molar-refractivity contribution in [3.8, 4) is 0 Å². The molecule has 0 bridgehead atoms. The molecule has 0 aliphatic carbocycles. The minimum absolute atomic E-state index is 0.114. The van der Waals surface area contributed by atoms with E-state index in [1.165, 1.54) is 5.56 Å². The fourth-order valence-electron chi connectivity index (χ4n) is 2.07. The van der Waals surface area contributed by atoms with Crippen molar-refractivity contribution in [3.05, 3.63) is 47.2 Å². The summed E-state index contributed by atoms with van der Waals surface area (Å²) < 4.78 is 1.82. The van der Waals surface area contributed by atoms with Gasteiger partial charge >= 0.3 is 0 Å². The number of hydrogen-bond acceptors (Lipinski definition) is 3. The third-order valence-corrected chi connectivity index (χ3v) is 4.46. The molecule has 4 heteroatoms. The molecular weight excluding hydrogens is 268 g/mol. The van der Waals surface area contributed by atoms with Gasteiger partial charge in [0.25, 0.3) is 0 Å². The van der Waals surface area contributed by atoms with E-state index in [-0.39, 0.29) is 11.0 Å². The Labute approximate surface area is 124 Å². The molecule has 0 spiro atoms.